The van der Waals surface area contributed by atoms with Crippen LogP contribution in [0.25, 0.3) is 33.0 Å². The van der Waals surface area contributed by atoms with Crippen molar-refractivity contribution in [3.8, 4) is 51.0 Å². The van der Waals surface area contributed by atoms with E-state index in [1.807, 2.05) is 0 Å². The molecule has 0 spiro atoms. The number of fused-ring (bicyclic) bond motifs is 11. The van der Waals surface area contributed by atoms with Crippen LogP contribution in [0.4, 0.5) is 0 Å². The molecule has 9 heteroatoms. The summed E-state index contributed by atoms with van der Waals surface area (Å²) in [6.45, 7) is 3.34. The molecular weight excluding hydrogens is 576 g/mol. The van der Waals surface area contributed by atoms with E-state index in [0.717, 1.165) is 0 Å². The molecule has 0 amide bonds. The fourth-order valence-corrected chi connectivity index (χ4v) is 7.98. The average Bonchev–Trinajstić information content (AvgIpc) is 3.47. The molecule has 0 unspecified atom stereocenters. The van der Waals surface area contributed by atoms with Gasteiger partial charge in [0, 0.05) is 66.9 Å². The van der Waals surface area contributed by atoms with Gasteiger partial charge in [-0.25, -0.2) is 0 Å². The Labute approximate surface area is 254 Å². The number of carbonyl (C=O) groups is 3. The van der Waals surface area contributed by atoms with Crippen molar-refractivity contribution in [1.29, 1.82) is 0 Å². The molecule has 9 rings (SSSR count). The molecule has 5 aromatic carbocycles. The number of phenols is 5. The number of aromatic hydroxyl groups is 5. The second-order valence-electron chi connectivity index (χ2n) is 12.3. The summed E-state index contributed by atoms with van der Waals surface area (Å²) in [6, 6.07) is 13.3. The van der Waals surface area contributed by atoms with Crippen LogP contribution in [0.1, 0.15) is 71.7 Å². The van der Waals surface area contributed by atoms with Crippen molar-refractivity contribution >= 4 is 28.1 Å². The lowest BCUT2D eigenvalue weighted by molar-refractivity contribution is 0.0886. The van der Waals surface area contributed by atoms with E-state index in [1.54, 1.807) is 19.9 Å². The molecule has 0 aromatic heterocycles. The second-order valence-corrected chi connectivity index (χ2v) is 12.3. The fraction of sp³-hybridized carbons (Fsp3) is 0.139. The topological polar surface area (TPSA) is 165 Å². The number of Topliss-reactive ketones (excluding diaryl/α,β-unsaturated/α-hetero) is 1. The Morgan fingerprint density at radius 2 is 1.27 bits per heavy atom. The number of phenolic OH excluding ortho intramolecular Hbond substituents is 5. The minimum atomic E-state index is -1.35. The Morgan fingerprint density at radius 1 is 0.644 bits per heavy atom. The number of aryl methyl sites for hydroxylation is 1. The third kappa shape index (κ3) is 2.85. The van der Waals surface area contributed by atoms with Gasteiger partial charge in [-0.3, -0.25) is 14.4 Å². The van der Waals surface area contributed by atoms with E-state index in [2.05, 4.69) is 0 Å². The van der Waals surface area contributed by atoms with E-state index in [0.29, 0.717) is 10.9 Å². The number of rotatable bonds is 1. The van der Waals surface area contributed by atoms with E-state index in [9.17, 15) is 39.9 Å². The first kappa shape index (κ1) is 25.8. The molecule has 1 fully saturated rings. The van der Waals surface area contributed by atoms with Gasteiger partial charge in [-0.05, 0) is 54.6 Å². The maximum Gasteiger partial charge on any atom is 0.197 e. The third-order valence-corrected chi connectivity index (χ3v) is 9.90. The summed E-state index contributed by atoms with van der Waals surface area (Å²) in [5.41, 5.74) is 0.330. The quantitative estimate of drug-likeness (QED) is 0.152. The highest BCUT2D eigenvalue weighted by atomic mass is 16.6. The number of ether oxygens (including phenoxy) is 1. The van der Waals surface area contributed by atoms with Crippen molar-refractivity contribution in [2.45, 2.75) is 31.5 Å². The van der Waals surface area contributed by atoms with Crippen molar-refractivity contribution in [3.63, 3.8) is 0 Å². The Kier molecular flexibility index (Phi) is 4.52. The van der Waals surface area contributed by atoms with Gasteiger partial charge in [0.1, 0.15) is 34.9 Å². The van der Waals surface area contributed by atoms with Gasteiger partial charge in [0.2, 0.25) is 0 Å². The second kappa shape index (κ2) is 7.88. The maximum atomic E-state index is 14.1. The van der Waals surface area contributed by atoms with E-state index in [1.165, 1.54) is 48.5 Å². The summed E-state index contributed by atoms with van der Waals surface area (Å²) in [4.78, 5) is 41.8. The van der Waals surface area contributed by atoms with Crippen molar-refractivity contribution in [3.05, 3.63) is 99.1 Å². The fourth-order valence-electron chi connectivity index (χ4n) is 7.98. The van der Waals surface area contributed by atoms with Crippen molar-refractivity contribution in [1.82, 2.24) is 0 Å². The van der Waals surface area contributed by atoms with Gasteiger partial charge in [-0.2, -0.15) is 0 Å². The molecule has 9 nitrogen and oxygen atoms in total. The Morgan fingerprint density at radius 3 is 1.93 bits per heavy atom. The van der Waals surface area contributed by atoms with Crippen molar-refractivity contribution < 1.29 is 44.7 Å². The molecule has 5 N–H and O–H groups in total. The third-order valence-electron chi connectivity index (χ3n) is 9.90. The lowest BCUT2D eigenvalue weighted by atomic mass is 9.69. The van der Waals surface area contributed by atoms with E-state index < -0.39 is 35.0 Å². The number of benzene rings is 5. The van der Waals surface area contributed by atoms with E-state index >= 15 is 0 Å². The Bertz CT molecular complexity index is 2350. The minimum absolute atomic E-state index is 0.00153. The number of carbonyl (C=O) groups excluding carboxylic acids is 3. The normalized spacial score (nSPS) is 21.7. The molecule has 5 aromatic rings. The average molecular weight is 599 g/mol. The van der Waals surface area contributed by atoms with E-state index in [-0.39, 0.29) is 95.3 Å². The number of hydrogen-bond donors (Lipinski definition) is 5. The lowest BCUT2D eigenvalue weighted by Crippen LogP contribution is -2.35. The molecule has 0 bridgehead atoms. The Hall–Kier alpha value is -5.67. The maximum absolute atomic E-state index is 14.1. The largest absolute Gasteiger partial charge is 0.507 e. The molecule has 1 aliphatic heterocycles. The zero-order valence-corrected chi connectivity index (χ0v) is 23.7. The molecule has 45 heavy (non-hydrogen) atoms. The van der Waals surface area contributed by atoms with Crippen LogP contribution in [0.15, 0.2) is 54.6 Å². The van der Waals surface area contributed by atoms with Crippen molar-refractivity contribution in [2.75, 3.05) is 0 Å². The van der Waals surface area contributed by atoms with Crippen molar-refractivity contribution in [2.24, 2.45) is 0 Å². The van der Waals surface area contributed by atoms with Crippen LogP contribution in [0, 0.1) is 6.92 Å². The highest BCUT2D eigenvalue weighted by molar-refractivity contribution is 6.31. The van der Waals surface area contributed by atoms with Gasteiger partial charge < -0.3 is 30.3 Å². The zero-order valence-electron chi connectivity index (χ0n) is 23.7. The zero-order chi connectivity index (χ0) is 31.4. The molecule has 3 atom stereocenters. The SMILES string of the molecule is Cc1cc(O)c2c3c(c(O)c([C@H]4c5c(cc(O)c6c5C(=O)c5cccc(O)c5-6)C(=O)[C@@]5(C)O[C@@H]45)c2c1)-c1c(O)cccc1C3=O. The summed E-state index contributed by atoms with van der Waals surface area (Å²) in [6.07, 6.45) is -0.869. The molecule has 1 saturated heterocycles. The van der Waals surface area contributed by atoms with Crippen LogP contribution < -0.4 is 0 Å². The highest BCUT2D eigenvalue weighted by Crippen LogP contribution is 2.63. The van der Waals surface area contributed by atoms with Crippen LogP contribution >= 0.6 is 0 Å². The predicted octanol–water partition coefficient (Wildman–Crippen LogP) is 5.58. The number of ketones is 3. The summed E-state index contributed by atoms with van der Waals surface area (Å²) >= 11 is 0. The van der Waals surface area contributed by atoms with Crippen LogP contribution in [-0.2, 0) is 4.74 Å². The first-order valence-electron chi connectivity index (χ1n) is 14.3. The van der Waals surface area contributed by atoms with Gasteiger partial charge in [0.25, 0.3) is 0 Å². The molecular formula is C36H22O9. The van der Waals surface area contributed by atoms with Gasteiger partial charge in [-0.15, -0.1) is 0 Å². The summed E-state index contributed by atoms with van der Waals surface area (Å²) in [5, 5.41) is 57.0. The van der Waals surface area contributed by atoms with Crippen LogP contribution in [0.2, 0.25) is 0 Å². The van der Waals surface area contributed by atoms with Crippen LogP contribution in [-0.4, -0.2) is 54.6 Å². The highest BCUT2D eigenvalue weighted by Gasteiger charge is 2.67. The first-order valence-corrected chi connectivity index (χ1v) is 14.3. The smallest absolute Gasteiger partial charge is 0.197 e. The standard InChI is InChI=1S/C36H22O9/c1-12-9-15-23(19(39)10-12)27-28(22-14(31(27)41)6-4-8-18(22)38)33(43)25(15)30-24-16(34(44)36(2)35(30)45-36)11-20(40)26-21-13(32(42)29(24)26)5-3-7-17(21)37/h3-11,30,35,37-40,43H,1-2H3/t30-,35+,36-/m1/s1. The Balaban J connectivity index is 1.46. The van der Waals surface area contributed by atoms with E-state index in [4.69, 9.17) is 4.74 Å². The molecule has 220 valence electrons. The minimum Gasteiger partial charge on any atom is -0.507 e. The number of epoxide rings is 1. The summed E-state index contributed by atoms with van der Waals surface area (Å²) < 4.78 is 6.08. The predicted molar refractivity (Wildman–Crippen MR) is 161 cm³/mol. The van der Waals surface area contributed by atoms with Gasteiger partial charge in [0.15, 0.2) is 23.0 Å². The number of hydrogen-bond acceptors (Lipinski definition) is 9. The summed E-state index contributed by atoms with van der Waals surface area (Å²) in [7, 11) is 0. The monoisotopic (exact) mass is 598 g/mol. The molecule has 3 aliphatic carbocycles. The molecule has 4 aliphatic rings. The molecule has 0 radical (unpaired) electrons. The van der Waals surface area contributed by atoms with Crippen LogP contribution in [0.3, 0.4) is 0 Å². The molecule has 1 heterocycles. The van der Waals surface area contributed by atoms with Gasteiger partial charge >= 0.3 is 0 Å². The molecule has 0 saturated carbocycles. The van der Waals surface area contributed by atoms with Crippen LogP contribution in [0.5, 0.6) is 28.7 Å². The van der Waals surface area contributed by atoms with Gasteiger partial charge in [0.05, 0.1) is 0 Å². The lowest BCUT2D eigenvalue weighted by Gasteiger charge is -2.30. The van der Waals surface area contributed by atoms with Gasteiger partial charge in [-0.1, -0.05) is 30.3 Å². The summed E-state index contributed by atoms with van der Waals surface area (Å²) in [5.74, 6) is -3.89. The first-order chi connectivity index (χ1) is 21.5.